The molecule has 0 spiro atoms. The first-order chi connectivity index (χ1) is 9.61. The van der Waals surface area contributed by atoms with Crippen LogP contribution in [-0.2, 0) is 6.61 Å². The van der Waals surface area contributed by atoms with E-state index in [9.17, 15) is 0 Å². The van der Waals surface area contributed by atoms with E-state index < -0.39 is 0 Å². The number of anilines is 1. The molecule has 2 heterocycles. The van der Waals surface area contributed by atoms with E-state index in [2.05, 4.69) is 4.98 Å². The SMILES string of the molecule is Cc1cc(N)ccc1OCc1cn2cc(Cl)ccc2n1. The average Bonchev–Trinajstić information content (AvgIpc) is 2.79. The predicted octanol–water partition coefficient (Wildman–Crippen LogP) is 3.46. The lowest BCUT2D eigenvalue weighted by atomic mass is 10.2. The Morgan fingerprint density at radius 2 is 2.10 bits per heavy atom. The number of ether oxygens (including phenoxy) is 1. The van der Waals surface area contributed by atoms with Gasteiger partial charge >= 0.3 is 0 Å². The maximum absolute atomic E-state index is 5.94. The molecule has 4 nitrogen and oxygen atoms in total. The van der Waals surface area contributed by atoms with Gasteiger partial charge in [0.25, 0.3) is 0 Å². The molecule has 2 N–H and O–H groups in total. The smallest absolute Gasteiger partial charge is 0.137 e. The van der Waals surface area contributed by atoms with E-state index in [1.165, 1.54) is 0 Å². The first-order valence-corrected chi connectivity index (χ1v) is 6.62. The van der Waals surface area contributed by atoms with Crippen LogP contribution in [0.3, 0.4) is 0 Å². The fraction of sp³-hybridized carbons (Fsp3) is 0.133. The van der Waals surface area contributed by atoms with Crippen molar-refractivity contribution in [3.05, 3.63) is 59.0 Å². The lowest BCUT2D eigenvalue weighted by Gasteiger charge is -2.07. The van der Waals surface area contributed by atoms with Crippen molar-refractivity contribution in [3.8, 4) is 5.75 Å². The van der Waals surface area contributed by atoms with Crippen LogP contribution >= 0.6 is 11.6 Å². The second-order valence-corrected chi connectivity index (χ2v) is 5.10. The number of aromatic nitrogens is 2. The number of nitrogens with zero attached hydrogens (tertiary/aromatic N) is 2. The molecule has 0 aliphatic heterocycles. The van der Waals surface area contributed by atoms with Gasteiger partial charge in [-0.05, 0) is 42.8 Å². The van der Waals surface area contributed by atoms with Gasteiger partial charge in [0.05, 0.1) is 10.7 Å². The number of imidazole rings is 1. The molecular weight excluding hydrogens is 274 g/mol. The Labute approximate surface area is 121 Å². The standard InChI is InChI=1S/C15H14ClN3O/c1-10-6-12(17)3-4-14(10)20-9-13-8-19-7-11(16)2-5-15(19)18-13/h2-8H,9,17H2,1H3. The Morgan fingerprint density at radius 1 is 1.25 bits per heavy atom. The third-order valence-corrected chi connectivity index (χ3v) is 3.26. The zero-order chi connectivity index (χ0) is 14.1. The molecule has 0 atom stereocenters. The average molecular weight is 288 g/mol. The number of rotatable bonds is 3. The molecule has 0 fully saturated rings. The number of halogens is 1. The van der Waals surface area contributed by atoms with E-state index in [0.29, 0.717) is 11.6 Å². The highest BCUT2D eigenvalue weighted by Gasteiger charge is 2.05. The quantitative estimate of drug-likeness (QED) is 0.751. The van der Waals surface area contributed by atoms with E-state index >= 15 is 0 Å². The van der Waals surface area contributed by atoms with Gasteiger partial charge in [0.1, 0.15) is 18.0 Å². The molecule has 0 saturated carbocycles. The number of hydrogen-bond acceptors (Lipinski definition) is 3. The van der Waals surface area contributed by atoms with Crippen molar-refractivity contribution in [2.45, 2.75) is 13.5 Å². The number of pyridine rings is 1. The summed E-state index contributed by atoms with van der Waals surface area (Å²) in [6, 6.07) is 9.28. The summed E-state index contributed by atoms with van der Waals surface area (Å²) in [4.78, 5) is 4.47. The van der Waals surface area contributed by atoms with E-state index in [1.807, 2.05) is 54.0 Å². The highest BCUT2D eigenvalue weighted by atomic mass is 35.5. The minimum atomic E-state index is 0.407. The number of nitrogen functional groups attached to an aromatic ring is 1. The molecule has 0 amide bonds. The Kier molecular flexibility index (Phi) is 3.24. The molecule has 0 aliphatic rings. The van der Waals surface area contributed by atoms with Crippen LogP contribution in [-0.4, -0.2) is 9.38 Å². The van der Waals surface area contributed by atoms with Crippen molar-refractivity contribution in [1.29, 1.82) is 0 Å². The van der Waals surface area contributed by atoms with Crippen molar-refractivity contribution in [1.82, 2.24) is 9.38 Å². The van der Waals surface area contributed by atoms with Crippen molar-refractivity contribution in [3.63, 3.8) is 0 Å². The predicted molar refractivity (Wildman–Crippen MR) is 80.1 cm³/mol. The first kappa shape index (κ1) is 12.8. The van der Waals surface area contributed by atoms with Crippen LogP contribution in [0.25, 0.3) is 5.65 Å². The second kappa shape index (κ2) is 5.06. The molecule has 0 bridgehead atoms. The van der Waals surface area contributed by atoms with Crippen LogP contribution in [0.2, 0.25) is 5.02 Å². The number of aryl methyl sites for hydroxylation is 1. The van der Waals surface area contributed by atoms with Crippen LogP contribution in [0, 0.1) is 6.92 Å². The van der Waals surface area contributed by atoms with E-state index in [0.717, 1.165) is 28.3 Å². The van der Waals surface area contributed by atoms with Crippen molar-refractivity contribution in [2.24, 2.45) is 0 Å². The van der Waals surface area contributed by atoms with E-state index in [-0.39, 0.29) is 0 Å². The summed E-state index contributed by atoms with van der Waals surface area (Å²) in [5.74, 6) is 0.814. The van der Waals surface area contributed by atoms with Crippen LogP contribution in [0.1, 0.15) is 11.3 Å². The monoisotopic (exact) mass is 287 g/mol. The summed E-state index contributed by atoms with van der Waals surface area (Å²) in [6.45, 7) is 2.37. The highest BCUT2D eigenvalue weighted by Crippen LogP contribution is 2.21. The van der Waals surface area contributed by atoms with Crippen LogP contribution in [0.5, 0.6) is 5.75 Å². The summed E-state index contributed by atoms with van der Waals surface area (Å²) >= 11 is 5.94. The molecule has 20 heavy (non-hydrogen) atoms. The van der Waals surface area contributed by atoms with Gasteiger partial charge < -0.3 is 14.9 Å². The van der Waals surface area contributed by atoms with E-state index in [4.69, 9.17) is 22.1 Å². The van der Waals surface area contributed by atoms with Crippen LogP contribution in [0.15, 0.2) is 42.7 Å². The fourth-order valence-electron chi connectivity index (χ4n) is 2.07. The lowest BCUT2D eigenvalue weighted by molar-refractivity contribution is 0.300. The molecule has 102 valence electrons. The van der Waals surface area contributed by atoms with Gasteiger partial charge in [-0.15, -0.1) is 0 Å². The number of fused-ring (bicyclic) bond motifs is 1. The number of hydrogen-bond donors (Lipinski definition) is 1. The molecule has 0 unspecified atom stereocenters. The maximum Gasteiger partial charge on any atom is 0.137 e. The summed E-state index contributed by atoms with van der Waals surface area (Å²) in [5.41, 5.74) is 9.16. The summed E-state index contributed by atoms with van der Waals surface area (Å²) in [6.07, 6.45) is 3.73. The third-order valence-electron chi connectivity index (χ3n) is 3.04. The molecule has 1 aromatic carbocycles. The van der Waals surface area contributed by atoms with Gasteiger partial charge in [-0.2, -0.15) is 0 Å². The van der Waals surface area contributed by atoms with Gasteiger partial charge in [0.15, 0.2) is 0 Å². The van der Waals surface area contributed by atoms with Crippen molar-refractivity contribution >= 4 is 22.9 Å². The highest BCUT2D eigenvalue weighted by molar-refractivity contribution is 6.30. The number of nitrogens with two attached hydrogens (primary N) is 1. The molecule has 0 radical (unpaired) electrons. The van der Waals surface area contributed by atoms with Gasteiger partial charge in [-0.3, -0.25) is 0 Å². The van der Waals surface area contributed by atoms with Gasteiger partial charge in [-0.1, -0.05) is 11.6 Å². The Balaban J connectivity index is 1.79. The zero-order valence-electron chi connectivity index (χ0n) is 11.0. The minimum absolute atomic E-state index is 0.407. The van der Waals surface area contributed by atoms with Crippen molar-refractivity contribution in [2.75, 3.05) is 5.73 Å². The largest absolute Gasteiger partial charge is 0.487 e. The van der Waals surface area contributed by atoms with Crippen molar-refractivity contribution < 1.29 is 4.74 Å². The first-order valence-electron chi connectivity index (χ1n) is 6.24. The fourth-order valence-corrected chi connectivity index (χ4v) is 2.24. The maximum atomic E-state index is 5.94. The molecular formula is C15H14ClN3O. The van der Waals surface area contributed by atoms with Crippen LogP contribution in [0.4, 0.5) is 5.69 Å². The molecule has 3 rings (SSSR count). The summed E-state index contributed by atoms with van der Waals surface area (Å²) in [5, 5.41) is 0.678. The third kappa shape index (κ3) is 2.56. The molecule has 2 aromatic heterocycles. The van der Waals surface area contributed by atoms with Crippen LogP contribution < -0.4 is 10.5 Å². The summed E-state index contributed by atoms with van der Waals surface area (Å²) < 4.78 is 7.66. The number of benzene rings is 1. The topological polar surface area (TPSA) is 52.5 Å². The van der Waals surface area contributed by atoms with Gasteiger partial charge in [-0.25, -0.2) is 4.98 Å². The minimum Gasteiger partial charge on any atom is -0.487 e. The Hall–Kier alpha value is -2.20. The Morgan fingerprint density at radius 3 is 2.90 bits per heavy atom. The normalized spacial score (nSPS) is 10.9. The molecule has 5 heteroatoms. The zero-order valence-corrected chi connectivity index (χ0v) is 11.8. The van der Waals surface area contributed by atoms with E-state index in [1.54, 1.807) is 0 Å². The van der Waals surface area contributed by atoms with Gasteiger partial charge in [0, 0.05) is 18.1 Å². The molecule has 3 aromatic rings. The molecule has 0 saturated heterocycles. The van der Waals surface area contributed by atoms with Gasteiger partial charge in [0.2, 0.25) is 0 Å². The lowest BCUT2D eigenvalue weighted by Crippen LogP contribution is -1.98. The second-order valence-electron chi connectivity index (χ2n) is 4.66. The Bertz CT molecular complexity index is 767. The molecule has 0 aliphatic carbocycles. The summed E-state index contributed by atoms with van der Waals surface area (Å²) in [7, 11) is 0.